The molecule has 0 bridgehead atoms. The fraction of sp³-hybridized carbons (Fsp3) is 0.381. The molecule has 1 aromatic carbocycles. The maximum absolute atomic E-state index is 14.4. The van der Waals surface area contributed by atoms with Crippen molar-refractivity contribution in [1.29, 1.82) is 0 Å². The van der Waals surface area contributed by atoms with Gasteiger partial charge in [-0.25, -0.2) is 9.37 Å². The number of aromatic nitrogens is 4. The van der Waals surface area contributed by atoms with Crippen LogP contribution in [-0.2, 0) is 13.0 Å². The summed E-state index contributed by atoms with van der Waals surface area (Å²) in [5.74, 6) is 1.13. The first-order valence-electron chi connectivity index (χ1n) is 9.94. The molecule has 0 spiro atoms. The molecular weight excluding hydrogens is 371 g/mol. The van der Waals surface area contributed by atoms with Crippen LogP contribution in [0.2, 0.25) is 0 Å². The third-order valence-corrected chi connectivity index (χ3v) is 5.71. The molecule has 0 fully saturated rings. The van der Waals surface area contributed by atoms with Gasteiger partial charge in [-0.15, -0.1) is 10.2 Å². The zero-order chi connectivity index (χ0) is 19.8. The molecule has 0 saturated heterocycles. The molecule has 0 radical (unpaired) electrons. The van der Waals surface area contributed by atoms with Crippen LogP contribution in [0, 0.1) is 5.82 Å². The predicted molar refractivity (Wildman–Crippen MR) is 108 cm³/mol. The second-order valence-corrected chi connectivity index (χ2v) is 7.55. The first-order valence-corrected chi connectivity index (χ1v) is 9.94. The van der Waals surface area contributed by atoms with E-state index in [1.165, 1.54) is 11.6 Å². The summed E-state index contributed by atoms with van der Waals surface area (Å²) < 4.78 is 21.8. The number of hydrogen-bond donors (Lipinski definition) is 1. The molecule has 0 unspecified atom stereocenters. The fourth-order valence-corrected chi connectivity index (χ4v) is 4.08. The van der Waals surface area contributed by atoms with E-state index in [-0.39, 0.29) is 5.82 Å². The van der Waals surface area contributed by atoms with Crippen LogP contribution < -0.4 is 10.1 Å². The number of nitrogens with one attached hydrogen (secondary N) is 1. The molecule has 4 heterocycles. The maximum Gasteiger partial charge on any atom is 0.210 e. The van der Waals surface area contributed by atoms with Crippen molar-refractivity contribution in [1.82, 2.24) is 24.5 Å². The Balaban J connectivity index is 1.44. The van der Waals surface area contributed by atoms with Gasteiger partial charge < -0.3 is 15.0 Å². The van der Waals surface area contributed by atoms with Crippen LogP contribution in [0.25, 0.3) is 11.2 Å². The van der Waals surface area contributed by atoms with Gasteiger partial charge in [-0.2, -0.15) is 0 Å². The van der Waals surface area contributed by atoms with Crippen molar-refractivity contribution in [3.05, 3.63) is 53.2 Å². The summed E-state index contributed by atoms with van der Waals surface area (Å²) in [5, 5.41) is 11.7. The first-order chi connectivity index (χ1) is 14.2. The molecule has 2 aliphatic rings. The molecular formula is C21H23FN6O. The number of benzene rings is 1. The summed E-state index contributed by atoms with van der Waals surface area (Å²) >= 11 is 0. The second kappa shape index (κ2) is 7.44. The number of fused-ring (bicyclic) bond motifs is 2. The lowest BCUT2D eigenvalue weighted by Crippen LogP contribution is -2.18. The normalized spacial score (nSPS) is 17.0. The number of ether oxygens (including phenoxy) is 1. The van der Waals surface area contributed by atoms with Crippen molar-refractivity contribution in [2.75, 3.05) is 32.1 Å². The molecule has 150 valence electrons. The van der Waals surface area contributed by atoms with E-state index in [4.69, 9.17) is 4.74 Å². The van der Waals surface area contributed by atoms with Crippen LogP contribution in [0.1, 0.15) is 29.5 Å². The lowest BCUT2D eigenvalue weighted by molar-refractivity contribution is 0.355. The number of rotatable bonds is 4. The average molecular weight is 394 g/mol. The van der Waals surface area contributed by atoms with E-state index in [1.54, 1.807) is 12.4 Å². The molecule has 0 aliphatic carbocycles. The van der Waals surface area contributed by atoms with E-state index < -0.39 is 0 Å². The predicted octanol–water partition coefficient (Wildman–Crippen LogP) is 2.92. The first kappa shape index (κ1) is 18.1. The number of hydrogen-bond acceptors (Lipinski definition) is 6. The Labute approximate surface area is 168 Å². The Morgan fingerprint density at radius 2 is 2.17 bits per heavy atom. The van der Waals surface area contributed by atoms with E-state index in [9.17, 15) is 4.39 Å². The summed E-state index contributed by atoms with van der Waals surface area (Å²) in [6.45, 7) is 2.98. The van der Waals surface area contributed by atoms with E-state index >= 15 is 0 Å². The minimum atomic E-state index is -0.230. The lowest BCUT2D eigenvalue weighted by atomic mass is 10.0. The summed E-state index contributed by atoms with van der Waals surface area (Å²) in [5.41, 5.74) is 4.57. The molecule has 0 amide bonds. The van der Waals surface area contributed by atoms with Crippen molar-refractivity contribution in [3.8, 4) is 5.75 Å². The molecule has 0 saturated carbocycles. The zero-order valence-corrected chi connectivity index (χ0v) is 16.4. The molecule has 2 aliphatic heterocycles. The summed E-state index contributed by atoms with van der Waals surface area (Å²) in [6, 6.07) is 3.16. The molecule has 0 atom stereocenters. The van der Waals surface area contributed by atoms with Crippen LogP contribution >= 0.6 is 0 Å². The summed E-state index contributed by atoms with van der Waals surface area (Å²) in [6.07, 6.45) is 8.44. The van der Waals surface area contributed by atoms with Gasteiger partial charge in [-0.1, -0.05) is 6.08 Å². The molecule has 5 rings (SSSR count). The van der Waals surface area contributed by atoms with Gasteiger partial charge in [0.1, 0.15) is 17.9 Å². The van der Waals surface area contributed by atoms with Crippen LogP contribution in [0.5, 0.6) is 5.75 Å². The van der Waals surface area contributed by atoms with Crippen molar-refractivity contribution >= 4 is 17.2 Å². The topological polar surface area (TPSA) is 67.6 Å². The largest absolute Gasteiger partial charge is 0.493 e. The van der Waals surface area contributed by atoms with Gasteiger partial charge in [0.2, 0.25) is 5.95 Å². The smallest absolute Gasteiger partial charge is 0.210 e. The molecule has 29 heavy (non-hydrogen) atoms. The second-order valence-electron chi connectivity index (χ2n) is 7.55. The molecule has 2 aromatic heterocycles. The Morgan fingerprint density at radius 1 is 1.24 bits per heavy atom. The van der Waals surface area contributed by atoms with Crippen LogP contribution in [0.15, 0.2) is 30.7 Å². The number of halogens is 1. The molecule has 3 aromatic rings. The van der Waals surface area contributed by atoms with Crippen LogP contribution in [0.4, 0.5) is 10.3 Å². The van der Waals surface area contributed by atoms with Crippen LogP contribution in [-0.4, -0.2) is 51.2 Å². The molecule has 7 nitrogen and oxygen atoms in total. The zero-order valence-electron chi connectivity index (χ0n) is 16.4. The van der Waals surface area contributed by atoms with Gasteiger partial charge >= 0.3 is 0 Å². The minimum Gasteiger partial charge on any atom is -0.493 e. The van der Waals surface area contributed by atoms with E-state index in [1.807, 2.05) is 10.6 Å². The Bertz CT molecular complexity index is 1090. The third kappa shape index (κ3) is 3.33. The lowest BCUT2D eigenvalue weighted by Gasteiger charge is -2.14. The van der Waals surface area contributed by atoms with Gasteiger partial charge in [0.15, 0.2) is 5.65 Å². The fourth-order valence-electron chi connectivity index (χ4n) is 4.08. The van der Waals surface area contributed by atoms with Gasteiger partial charge in [-0.3, -0.25) is 4.40 Å². The number of anilines is 1. The monoisotopic (exact) mass is 394 g/mol. The van der Waals surface area contributed by atoms with E-state index in [0.29, 0.717) is 24.7 Å². The summed E-state index contributed by atoms with van der Waals surface area (Å²) in [4.78, 5) is 6.93. The highest BCUT2D eigenvalue weighted by molar-refractivity contribution is 5.76. The highest BCUT2D eigenvalue weighted by Crippen LogP contribution is 2.31. The van der Waals surface area contributed by atoms with Crippen molar-refractivity contribution in [3.63, 3.8) is 0 Å². The third-order valence-electron chi connectivity index (χ3n) is 5.71. The van der Waals surface area contributed by atoms with Crippen LogP contribution in [0.3, 0.4) is 0 Å². The van der Waals surface area contributed by atoms with E-state index in [0.717, 1.165) is 54.9 Å². The van der Waals surface area contributed by atoms with Gasteiger partial charge in [0.25, 0.3) is 0 Å². The SMILES string of the molecule is CN1CCC=C(c2cnc(NCc3c(F)ccc4c3CCO4)n3cnnc23)CC1. The molecule has 1 N–H and O–H groups in total. The minimum absolute atomic E-state index is 0.230. The summed E-state index contributed by atoms with van der Waals surface area (Å²) in [7, 11) is 2.14. The Hall–Kier alpha value is -3.00. The average Bonchev–Trinajstić information content (AvgIpc) is 3.35. The quantitative estimate of drug-likeness (QED) is 0.734. The number of nitrogens with zero attached hydrogens (tertiary/aromatic N) is 5. The van der Waals surface area contributed by atoms with Gasteiger partial charge in [-0.05, 0) is 37.6 Å². The van der Waals surface area contributed by atoms with Crippen molar-refractivity contribution < 1.29 is 9.13 Å². The Morgan fingerprint density at radius 3 is 3.10 bits per heavy atom. The standard InChI is InChI=1S/C21H23FN6O/c1-27-8-2-3-14(6-9-27)16-11-23-21(28-13-25-26-20(16)28)24-12-17-15-7-10-29-19(15)5-4-18(17)22/h3-5,11,13H,2,6-10,12H2,1H3,(H,23,24). The molecule has 8 heteroatoms. The maximum atomic E-state index is 14.4. The van der Waals surface area contributed by atoms with Crippen molar-refractivity contribution in [2.24, 2.45) is 0 Å². The highest BCUT2D eigenvalue weighted by atomic mass is 19.1. The van der Waals surface area contributed by atoms with E-state index in [2.05, 4.69) is 38.5 Å². The van der Waals surface area contributed by atoms with Gasteiger partial charge in [0, 0.05) is 48.9 Å². The highest BCUT2D eigenvalue weighted by Gasteiger charge is 2.20. The van der Waals surface area contributed by atoms with Gasteiger partial charge in [0.05, 0.1) is 6.61 Å². The van der Waals surface area contributed by atoms with Crippen molar-refractivity contribution in [2.45, 2.75) is 25.8 Å². The Kier molecular flexibility index (Phi) is 4.63.